The lowest BCUT2D eigenvalue weighted by Crippen LogP contribution is -2.42. The number of aromatic nitrogens is 2. The summed E-state index contributed by atoms with van der Waals surface area (Å²) < 4.78 is 15.3. The lowest BCUT2D eigenvalue weighted by molar-refractivity contribution is -0.118. The van der Waals surface area contributed by atoms with Crippen LogP contribution in [0.3, 0.4) is 0 Å². The molecule has 188 valence electrons. The Labute approximate surface area is 208 Å². The van der Waals surface area contributed by atoms with Crippen LogP contribution in [-0.2, 0) is 11.8 Å². The van der Waals surface area contributed by atoms with Gasteiger partial charge >= 0.3 is 0 Å². The van der Waals surface area contributed by atoms with Crippen molar-refractivity contribution in [2.24, 2.45) is 7.05 Å². The first kappa shape index (κ1) is 25.2. The van der Waals surface area contributed by atoms with Crippen LogP contribution >= 0.6 is 0 Å². The summed E-state index contributed by atoms with van der Waals surface area (Å²) in [7, 11) is 1.64. The molecule has 36 heavy (non-hydrogen) atoms. The van der Waals surface area contributed by atoms with E-state index in [0.717, 1.165) is 0 Å². The highest BCUT2D eigenvalue weighted by atomic mass is 19.1. The Morgan fingerprint density at radius 1 is 1.06 bits per heavy atom. The summed E-state index contributed by atoms with van der Waals surface area (Å²) in [5.41, 5.74) is 2.61. The third-order valence-corrected chi connectivity index (χ3v) is 6.69. The van der Waals surface area contributed by atoms with Crippen molar-refractivity contribution in [2.75, 3.05) is 5.32 Å². The molecule has 0 bridgehead atoms. The fraction of sp³-hybridized carbons (Fsp3) is 0.333. The Morgan fingerprint density at radius 3 is 2.36 bits per heavy atom. The number of aliphatic hydroxyl groups is 1. The first-order valence-corrected chi connectivity index (χ1v) is 11.9. The number of nitrogens with one attached hydrogen (secondary N) is 2. The minimum absolute atomic E-state index is 0.107. The normalized spacial score (nSPS) is 17.5. The van der Waals surface area contributed by atoms with Crippen LogP contribution < -0.4 is 10.6 Å². The first-order valence-electron chi connectivity index (χ1n) is 11.9. The van der Waals surface area contributed by atoms with Crippen LogP contribution in [0, 0.1) is 19.7 Å². The summed E-state index contributed by atoms with van der Waals surface area (Å²) in [6.07, 6.45) is 5.11. The van der Waals surface area contributed by atoms with Gasteiger partial charge in [0, 0.05) is 36.7 Å². The number of anilines is 1. The molecule has 0 atom stereocenters. The van der Waals surface area contributed by atoms with Crippen molar-refractivity contribution in [2.45, 2.75) is 51.7 Å². The van der Waals surface area contributed by atoms with Crippen LogP contribution in [-0.4, -0.2) is 44.4 Å². The molecule has 0 aliphatic heterocycles. The quantitative estimate of drug-likeness (QED) is 0.359. The van der Waals surface area contributed by atoms with E-state index in [2.05, 4.69) is 15.6 Å². The largest absolute Gasteiger partial charge is 0.393 e. The molecule has 2 heterocycles. The number of ketones is 1. The van der Waals surface area contributed by atoms with Gasteiger partial charge in [-0.1, -0.05) is 0 Å². The number of halogens is 1. The van der Waals surface area contributed by atoms with Gasteiger partial charge < -0.3 is 20.3 Å². The van der Waals surface area contributed by atoms with Crippen molar-refractivity contribution in [3.63, 3.8) is 0 Å². The Morgan fingerprint density at radius 2 is 1.72 bits per heavy atom. The predicted molar refractivity (Wildman–Crippen MR) is 133 cm³/mol. The first-order chi connectivity index (χ1) is 17.2. The number of nitrogens with zero attached hydrogens (tertiary/aromatic N) is 2. The minimum atomic E-state index is -0.748. The Hall–Kier alpha value is -3.85. The van der Waals surface area contributed by atoms with E-state index in [1.807, 2.05) is 0 Å². The summed E-state index contributed by atoms with van der Waals surface area (Å²) in [4.78, 5) is 43.7. The van der Waals surface area contributed by atoms with E-state index in [-0.39, 0.29) is 29.2 Å². The van der Waals surface area contributed by atoms with Gasteiger partial charge in [0.05, 0.1) is 23.1 Å². The number of hydrogen-bond acceptors (Lipinski definition) is 5. The number of aryl methyl sites for hydroxylation is 1. The summed E-state index contributed by atoms with van der Waals surface area (Å²) in [5, 5.41) is 15.3. The Balaban J connectivity index is 1.70. The molecular weight excluding hydrogens is 463 g/mol. The van der Waals surface area contributed by atoms with Crippen LogP contribution in [0.25, 0.3) is 11.3 Å². The van der Waals surface area contributed by atoms with E-state index in [9.17, 15) is 23.9 Å². The summed E-state index contributed by atoms with van der Waals surface area (Å²) in [6, 6.07) is 7.51. The summed E-state index contributed by atoms with van der Waals surface area (Å²) in [6.45, 7) is 3.23. The molecule has 9 heteroatoms. The Bertz CT molecular complexity index is 1310. The summed E-state index contributed by atoms with van der Waals surface area (Å²) >= 11 is 0. The van der Waals surface area contributed by atoms with Gasteiger partial charge in [0.2, 0.25) is 0 Å². The van der Waals surface area contributed by atoms with Crippen molar-refractivity contribution in [3.8, 4) is 11.3 Å². The van der Waals surface area contributed by atoms with Crippen molar-refractivity contribution in [1.82, 2.24) is 14.9 Å². The number of Topliss-reactive ketones (excluding diaryl/α,β-unsaturated/α-hetero) is 1. The monoisotopic (exact) mass is 492 g/mol. The molecule has 0 unspecified atom stereocenters. The lowest BCUT2D eigenvalue weighted by Gasteiger charge is -2.25. The van der Waals surface area contributed by atoms with Gasteiger partial charge in [-0.2, -0.15) is 0 Å². The smallest absolute Gasteiger partial charge is 0.294 e. The number of amides is 2. The van der Waals surface area contributed by atoms with Crippen molar-refractivity contribution in [1.29, 1.82) is 0 Å². The van der Waals surface area contributed by atoms with E-state index in [4.69, 9.17) is 0 Å². The molecule has 2 aromatic heterocycles. The van der Waals surface area contributed by atoms with Gasteiger partial charge in [-0.15, -0.1) is 0 Å². The second-order valence-electron chi connectivity index (χ2n) is 9.22. The van der Waals surface area contributed by atoms with E-state index in [0.29, 0.717) is 53.8 Å². The fourth-order valence-corrected chi connectivity index (χ4v) is 4.77. The van der Waals surface area contributed by atoms with Crippen LogP contribution in [0.2, 0.25) is 0 Å². The van der Waals surface area contributed by atoms with E-state index >= 15 is 0 Å². The second-order valence-corrected chi connectivity index (χ2v) is 9.22. The predicted octanol–water partition coefficient (Wildman–Crippen LogP) is 3.70. The molecule has 0 radical (unpaired) electrons. The van der Waals surface area contributed by atoms with Gasteiger partial charge in [0.1, 0.15) is 5.82 Å². The molecule has 2 amide bonds. The van der Waals surface area contributed by atoms with Gasteiger partial charge in [-0.25, -0.2) is 4.39 Å². The maximum Gasteiger partial charge on any atom is 0.294 e. The van der Waals surface area contributed by atoms with Gasteiger partial charge in [0.25, 0.3) is 17.6 Å². The van der Waals surface area contributed by atoms with Gasteiger partial charge in [0.15, 0.2) is 0 Å². The van der Waals surface area contributed by atoms with Crippen molar-refractivity contribution in [3.05, 3.63) is 70.9 Å². The molecule has 1 fully saturated rings. The molecule has 0 spiro atoms. The van der Waals surface area contributed by atoms with Crippen molar-refractivity contribution >= 4 is 23.3 Å². The molecule has 0 saturated heterocycles. The van der Waals surface area contributed by atoms with Gasteiger partial charge in [-0.3, -0.25) is 19.4 Å². The third kappa shape index (κ3) is 5.06. The maximum atomic E-state index is 13.7. The average molecular weight is 493 g/mol. The molecule has 1 saturated carbocycles. The number of pyridine rings is 1. The zero-order valence-electron chi connectivity index (χ0n) is 20.5. The molecule has 4 rings (SSSR count). The highest BCUT2D eigenvalue weighted by Gasteiger charge is 2.32. The Kier molecular flexibility index (Phi) is 7.30. The molecule has 1 aliphatic rings. The molecule has 3 N–H and O–H groups in total. The molecule has 1 aromatic carbocycles. The second kappa shape index (κ2) is 10.4. The standard InChI is InChI=1S/C27H29FN4O4/c1-15-14-19(6-9-21(15)28)31-26(35)22-16(2)23(32(3)24(22)17-10-12-29-13-11-17)25(34)27(36)30-18-4-7-20(33)8-5-18/h6,9-14,18,20,33H,4-5,7-8H2,1-3H3,(H,30,36)(H,31,35). The van der Waals surface area contributed by atoms with Crippen LogP contribution in [0.15, 0.2) is 42.7 Å². The summed E-state index contributed by atoms with van der Waals surface area (Å²) in [5.74, 6) is -2.36. The molecule has 1 aliphatic carbocycles. The SMILES string of the molecule is Cc1cc(NC(=O)c2c(C)c(C(=O)C(=O)NC3CCC(O)CC3)n(C)c2-c2ccncc2)ccc1F. The van der Waals surface area contributed by atoms with Crippen LogP contribution in [0.1, 0.15) is 57.7 Å². The zero-order valence-corrected chi connectivity index (χ0v) is 20.5. The highest BCUT2D eigenvalue weighted by molar-refractivity contribution is 6.43. The van der Waals surface area contributed by atoms with Crippen LogP contribution in [0.4, 0.5) is 10.1 Å². The highest BCUT2D eigenvalue weighted by Crippen LogP contribution is 2.32. The topological polar surface area (TPSA) is 113 Å². The van der Waals surface area contributed by atoms with Gasteiger partial charge in [-0.05, 0) is 81.0 Å². The maximum absolute atomic E-state index is 13.7. The number of hydrogen-bond donors (Lipinski definition) is 3. The zero-order chi connectivity index (χ0) is 26.0. The van der Waals surface area contributed by atoms with Crippen molar-refractivity contribution < 1.29 is 23.9 Å². The van der Waals surface area contributed by atoms with E-state index in [1.165, 1.54) is 18.2 Å². The fourth-order valence-electron chi connectivity index (χ4n) is 4.77. The van der Waals surface area contributed by atoms with Crippen LogP contribution in [0.5, 0.6) is 0 Å². The number of aliphatic hydroxyl groups excluding tert-OH is 1. The molecule has 8 nitrogen and oxygen atoms in total. The molecule has 3 aromatic rings. The number of carbonyl (C=O) groups is 3. The van der Waals surface area contributed by atoms with E-state index in [1.54, 1.807) is 50.0 Å². The van der Waals surface area contributed by atoms with E-state index < -0.39 is 17.6 Å². The molecular formula is C27H29FN4O4. The number of carbonyl (C=O) groups excluding carboxylic acids is 3. The third-order valence-electron chi connectivity index (χ3n) is 6.69. The number of rotatable bonds is 6. The average Bonchev–Trinajstić information content (AvgIpc) is 3.12. The minimum Gasteiger partial charge on any atom is -0.393 e. The lowest BCUT2D eigenvalue weighted by atomic mass is 9.93. The number of benzene rings is 1.